The van der Waals surface area contributed by atoms with Gasteiger partial charge < -0.3 is 14.8 Å². The molecule has 3 rings (SSSR count). The SMILES string of the molecule is CCOC(=O)c1c(NC(=O)COC(=O)/C=C/c2ccc(C(C)C)cc2)sc2c1CCC(C)C2. The van der Waals surface area contributed by atoms with Crippen LogP contribution in [0.5, 0.6) is 0 Å². The molecule has 1 aromatic carbocycles. The van der Waals surface area contributed by atoms with E-state index in [0.717, 1.165) is 35.3 Å². The molecule has 1 aliphatic rings. The molecule has 176 valence electrons. The Balaban J connectivity index is 1.60. The van der Waals surface area contributed by atoms with Crippen LogP contribution in [0.15, 0.2) is 30.3 Å². The maximum absolute atomic E-state index is 12.5. The Labute approximate surface area is 199 Å². The zero-order valence-corrected chi connectivity index (χ0v) is 20.4. The van der Waals surface area contributed by atoms with Crippen LogP contribution in [0.1, 0.15) is 72.0 Å². The van der Waals surface area contributed by atoms with Gasteiger partial charge in [0.05, 0.1) is 12.2 Å². The number of hydrogen-bond acceptors (Lipinski definition) is 6. The van der Waals surface area contributed by atoms with Gasteiger partial charge in [0.2, 0.25) is 0 Å². The Morgan fingerprint density at radius 1 is 1.18 bits per heavy atom. The van der Waals surface area contributed by atoms with E-state index in [4.69, 9.17) is 9.47 Å². The van der Waals surface area contributed by atoms with E-state index in [1.54, 1.807) is 13.0 Å². The number of esters is 2. The average molecular weight is 470 g/mol. The van der Waals surface area contributed by atoms with Crippen LogP contribution < -0.4 is 5.32 Å². The molecule has 0 radical (unpaired) electrons. The monoisotopic (exact) mass is 469 g/mol. The number of carbonyl (C=O) groups excluding carboxylic acids is 3. The fourth-order valence-corrected chi connectivity index (χ4v) is 5.18. The molecule has 0 aliphatic heterocycles. The van der Waals surface area contributed by atoms with Crippen molar-refractivity contribution in [3.05, 3.63) is 57.5 Å². The number of fused-ring (bicyclic) bond motifs is 1. The van der Waals surface area contributed by atoms with E-state index in [0.29, 0.717) is 22.4 Å². The summed E-state index contributed by atoms with van der Waals surface area (Å²) in [4.78, 5) is 38.1. The molecule has 1 heterocycles. The van der Waals surface area contributed by atoms with Crippen molar-refractivity contribution in [1.29, 1.82) is 0 Å². The van der Waals surface area contributed by atoms with Crippen LogP contribution in [0.3, 0.4) is 0 Å². The molecule has 0 saturated carbocycles. The minimum absolute atomic E-state index is 0.261. The number of anilines is 1. The van der Waals surface area contributed by atoms with E-state index < -0.39 is 24.5 Å². The summed E-state index contributed by atoms with van der Waals surface area (Å²) < 4.78 is 10.3. The van der Waals surface area contributed by atoms with Crippen molar-refractivity contribution in [3.8, 4) is 0 Å². The molecule has 0 saturated heterocycles. The highest BCUT2D eigenvalue weighted by Gasteiger charge is 2.29. The third kappa shape index (κ3) is 6.54. The van der Waals surface area contributed by atoms with Crippen molar-refractivity contribution < 1.29 is 23.9 Å². The second-order valence-corrected chi connectivity index (χ2v) is 9.69. The summed E-state index contributed by atoms with van der Waals surface area (Å²) in [6.07, 6.45) is 5.60. The van der Waals surface area contributed by atoms with E-state index in [-0.39, 0.29) is 6.61 Å². The first-order valence-electron chi connectivity index (χ1n) is 11.3. The number of benzene rings is 1. The Kier molecular flexibility index (Phi) is 8.44. The molecule has 1 aliphatic carbocycles. The van der Waals surface area contributed by atoms with Crippen LogP contribution in [0, 0.1) is 5.92 Å². The summed E-state index contributed by atoms with van der Waals surface area (Å²) in [5.41, 5.74) is 3.50. The number of carbonyl (C=O) groups is 3. The van der Waals surface area contributed by atoms with E-state index in [9.17, 15) is 14.4 Å². The van der Waals surface area contributed by atoms with Gasteiger partial charge in [-0.05, 0) is 60.8 Å². The third-order valence-electron chi connectivity index (χ3n) is 5.60. The fraction of sp³-hybridized carbons (Fsp3) is 0.423. The molecule has 1 amide bonds. The first kappa shape index (κ1) is 24.7. The zero-order valence-electron chi connectivity index (χ0n) is 19.6. The quantitative estimate of drug-likeness (QED) is 0.415. The Bertz CT molecular complexity index is 1040. The Hall–Kier alpha value is -2.93. The maximum Gasteiger partial charge on any atom is 0.341 e. The van der Waals surface area contributed by atoms with Crippen molar-refractivity contribution in [2.45, 2.75) is 52.9 Å². The van der Waals surface area contributed by atoms with Gasteiger partial charge >= 0.3 is 11.9 Å². The molecule has 1 atom stereocenters. The number of nitrogens with one attached hydrogen (secondary N) is 1. The van der Waals surface area contributed by atoms with Gasteiger partial charge in [-0.3, -0.25) is 4.79 Å². The summed E-state index contributed by atoms with van der Waals surface area (Å²) >= 11 is 1.41. The largest absolute Gasteiger partial charge is 0.462 e. The molecule has 0 spiro atoms. The van der Waals surface area contributed by atoms with Crippen molar-refractivity contribution in [1.82, 2.24) is 0 Å². The van der Waals surface area contributed by atoms with Gasteiger partial charge in [-0.1, -0.05) is 45.0 Å². The predicted molar refractivity (Wildman–Crippen MR) is 131 cm³/mol. The lowest BCUT2D eigenvalue weighted by Gasteiger charge is -2.18. The van der Waals surface area contributed by atoms with Crippen LogP contribution in [0.2, 0.25) is 0 Å². The highest BCUT2D eigenvalue weighted by molar-refractivity contribution is 7.17. The van der Waals surface area contributed by atoms with E-state index in [1.807, 2.05) is 24.3 Å². The normalized spacial score (nSPS) is 15.4. The van der Waals surface area contributed by atoms with Gasteiger partial charge in [0.1, 0.15) is 5.00 Å². The minimum Gasteiger partial charge on any atom is -0.462 e. The first-order chi connectivity index (χ1) is 15.8. The summed E-state index contributed by atoms with van der Waals surface area (Å²) in [5.74, 6) is -0.557. The molecular formula is C26H31NO5S. The number of hydrogen-bond donors (Lipinski definition) is 1. The number of amides is 1. The van der Waals surface area contributed by atoms with Crippen LogP contribution in [-0.4, -0.2) is 31.1 Å². The first-order valence-corrected chi connectivity index (χ1v) is 12.2. The van der Waals surface area contributed by atoms with E-state index >= 15 is 0 Å². The van der Waals surface area contributed by atoms with Gasteiger partial charge in [0.25, 0.3) is 5.91 Å². The van der Waals surface area contributed by atoms with Crippen LogP contribution >= 0.6 is 11.3 Å². The molecule has 6 nitrogen and oxygen atoms in total. The summed E-state index contributed by atoms with van der Waals surface area (Å²) in [5, 5.41) is 3.21. The van der Waals surface area contributed by atoms with Crippen molar-refractivity contribution in [2.75, 3.05) is 18.5 Å². The lowest BCUT2D eigenvalue weighted by Crippen LogP contribution is -2.21. The highest BCUT2D eigenvalue weighted by Crippen LogP contribution is 2.40. The number of ether oxygens (including phenoxy) is 2. The lowest BCUT2D eigenvalue weighted by molar-refractivity contribution is -0.142. The molecule has 33 heavy (non-hydrogen) atoms. The summed E-state index contributed by atoms with van der Waals surface area (Å²) in [7, 11) is 0. The maximum atomic E-state index is 12.5. The van der Waals surface area contributed by atoms with Crippen molar-refractivity contribution in [3.63, 3.8) is 0 Å². The fourth-order valence-electron chi connectivity index (χ4n) is 3.76. The van der Waals surface area contributed by atoms with E-state index in [1.165, 1.54) is 23.0 Å². The second-order valence-electron chi connectivity index (χ2n) is 8.59. The van der Waals surface area contributed by atoms with Gasteiger partial charge in [0.15, 0.2) is 6.61 Å². The molecular weight excluding hydrogens is 438 g/mol. The van der Waals surface area contributed by atoms with Gasteiger partial charge in [-0.2, -0.15) is 0 Å². The third-order valence-corrected chi connectivity index (χ3v) is 6.77. The standard InChI is InChI=1S/C26H31NO5S/c1-5-31-26(30)24-20-12-6-17(4)14-21(20)33-25(24)27-22(28)15-32-23(29)13-9-18-7-10-19(11-8-18)16(2)3/h7-11,13,16-17H,5-6,12,14-15H2,1-4H3,(H,27,28)/b13-9+. The van der Waals surface area contributed by atoms with E-state index in [2.05, 4.69) is 26.1 Å². The van der Waals surface area contributed by atoms with Crippen LogP contribution in [-0.2, 0) is 31.9 Å². The van der Waals surface area contributed by atoms with Gasteiger partial charge in [0, 0.05) is 11.0 Å². The Morgan fingerprint density at radius 3 is 2.58 bits per heavy atom. The van der Waals surface area contributed by atoms with Gasteiger partial charge in [-0.25, -0.2) is 9.59 Å². The van der Waals surface area contributed by atoms with Crippen molar-refractivity contribution in [2.24, 2.45) is 5.92 Å². The zero-order chi connectivity index (χ0) is 24.0. The molecule has 1 unspecified atom stereocenters. The molecule has 1 aromatic heterocycles. The lowest BCUT2D eigenvalue weighted by atomic mass is 9.88. The van der Waals surface area contributed by atoms with Crippen LogP contribution in [0.25, 0.3) is 6.08 Å². The molecule has 0 fully saturated rings. The smallest absolute Gasteiger partial charge is 0.341 e. The topological polar surface area (TPSA) is 81.7 Å². The summed E-state index contributed by atoms with van der Waals surface area (Å²) in [6.45, 7) is 8.00. The molecule has 2 aromatic rings. The Morgan fingerprint density at radius 2 is 1.91 bits per heavy atom. The van der Waals surface area contributed by atoms with Crippen molar-refractivity contribution >= 4 is 40.3 Å². The molecule has 1 N–H and O–H groups in total. The van der Waals surface area contributed by atoms with Gasteiger partial charge in [-0.15, -0.1) is 11.3 Å². The second kappa shape index (κ2) is 11.3. The van der Waals surface area contributed by atoms with Crippen LogP contribution in [0.4, 0.5) is 5.00 Å². The number of thiophene rings is 1. The minimum atomic E-state index is -0.608. The summed E-state index contributed by atoms with van der Waals surface area (Å²) in [6, 6.07) is 7.90. The predicted octanol–water partition coefficient (Wildman–Crippen LogP) is 5.37. The molecule has 7 heteroatoms. The number of rotatable bonds is 8. The average Bonchev–Trinajstić information content (AvgIpc) is 3.13. The highest BCUT2D eigenvalue weighted by atomic mass is 32.1. The molecule has 0 bridgehead atoms.